The number of hydrogen-bond donors (Lipinski definition) is 1. The summed E-state index contributed by atoms with van der Waals surface area (Å²) in [4.78, 5) is 0. The maximum Gasteiger partial charge on any atom is 0.264 e. The van der Waals surface area contributed by atoms with E-state index >= 15 is 0 Å². The van der Waals surface area contributed by atoms with E-state index in [2.05, 4.69) is 5.10 Å². The molecule has 1 fully saturated rings. The standard InChI is InChI=1S/C25H36N4O8S2/c1-18(7-6-14-39(32,33)34)35-13-11-19(2)37-21-9-10-23-22(15-21)25(20-16-26-28(17-20)38(3,30)31)27-29(23)24-8-4-5-12-36-24/h9-10,15-19,24H,4-8,11-14H2,1-3H3,(H,32,33,34)/t18-,19+,24+/m0/s1. The monoisotopic (exact) mass is 584 g/mol. The SMILES string of the molecule is C[C@H](CCO[C@@H](C)CCCS(=O)(=O)O)Oc1ccc2c(c1)c(-c1cnn(S(C)(=O)=O)c1)nn2[C@H]1CCCCO1. The second-order valence-electron chi connectivity index (χ2n) is 9.98. The first kappa shape index (κ1) is 29.5. The second-order valence-corrected chi connectivity index (χ2v) is 13.4. The molecule has 39 heavy (non-hydrogen) atoms. The van der Waals surface area contributed by atoms with Crippen LogP contribution in [0.25, 0.3) is 22.2 Å². The van der Waals surface area contributed by atoms with E-state index in [0.717, 1.165) is 40.5 Å². The molecular formula is C25H36N4O8S2. The van der Waals surface area contributed by atoms with Crippen LogP contribution in [-0.4, -0.2) is 77.8 Å². The Bertz CT molecular complexity index is 1480. The van der Waals surface area contributed by atoms with Crippen molar-refractivity contribution in [2.24, 2.45) is 0 Å². The van der Waals surface area contributed by atoms with Crippen molar-refractivity contribution in [3.63, 3.8) is 0 Å². The van der Waals surface area contributed by atoms with Gasteiger partial charge in [-0.25, -0.2) is 13.1 Å². The van der Waals surface area contributed by atoms with Crippen LogP contribution in [-0.2, 0) is 29.6 Å². The van der Waals surface area contributed by atoms with Crippen molar-refractivity contribution in [2.45, 2.75) is 70.8 Å². The van der Waals surface area contributed by atoms with Crippen molar-refractivity contribution in [1.82, 2.24) is 19.0 Å². The van der Waals surface area contributed by atoms with Crippen LogP contribution in [0.3, 0.4) is 0 Å². The highest BCUT2D eigenvalue weighted by molar-refractivity contribution is 7.89. The van der Waals surface area contributed by atoms with Gasteiger partial charge < -0.3 is 14.2 Å². The summed E-state index contributed by atoms with van der Waals surface area (Å²) in [5, 5.41) is 9.62. The zero-order valence-corrected chi connectivity index (χ0v) is 24.0. The van der Waals surface area contributed by atoms with E-state index in [1.165, 1.54) is 12.4 Å². The van der Waals surface area contributed by atoms with E-state index in [1.807, 2.05) is 36.7 Å². The number of ether oxygens (including phenoxy) is 3. The largest absolute Gasteiger partial charge is 0.491 e. The molecule has 14 heteroatoms. The van der Waals surface area contributed by atoms with E-state index in [-0.39, 0.29) is 24.2 Å². The Hall–Kier alpha value is -2.52. The first-order valence-electron chi connectivity index (χ1n) is 13.0. The van der Waals surface area contributed by atoms with Gasteiger partial charge in [0.2, 0.25) is 0 Å². The van der Waals surface area contributed by atoms with Crippen molar-refractivity contribution in [3.8, 4) is 17.0 Å². The van der Waals surface area contributed by atoms with Crippen LogP contribution in [0.4, 0.5) is 0 Å². The molecule has 12 nitrogen and oxygen atoms in total. The lowest BCUT2D eigenvalue weighted by Crippen LogP contribution is -2.19. The number of nitrogens with zero attached hydrogens (tertiary/aromatic N) is 4. The lowest BCUT2D eigenvalue weighted by Gasteiger charge is -2.23. The molecule has 3 aromatic rings. The fourth-order valence-electron chi connectivity index (χ4n) is 4.51. The maximum absolute atomic E-state index is 12.0. The lowest BCUT2D eigenvalue weighted by molar-refractivity contribution is -0.0365. The summed E-state index contributed by atoms with van der Waals surface area (Å²) < 4.78 is 75.2. The molecule has 0 amide bonds. The van der Waals surface area contributed by atoms with Crippen LogP contribution in [0.1, 0.15) is 58.6 Å². The van der Waals surface area contributed by atoms with Gasteiger partial charge in [-0.05, 0) is 64.2 Å². The minimum Gasteiger partial charge on any atom is -0.491 e. The zero-order chi connectivity index (χ0) is 28.2. The summed E-state index contributed by atoms with van der Waals surface area (Å²) in [6.45, 7) is 4.90. The molecule has 1 N–H and O–H groups in total. The van der Waals surface area contributed by atoms with Crippen LogP contribution < -0.4 is 4.74 Å². The zero-order valence-electron chi connectivity index (χ0n) is 22.4. The number of fused-ring (bicyclic) bond motifs is 1. The molecule has 0 unspecified atom stereocenters. The molecule has 1 aromatic carbocycles. The lowest BCUT2D eigenvalue weighted by atomic mass is 10.1. The van der Waals surface area contributed by atoms with Crippen LogP contribution in [0, 0.1) is 0 Å². The van der Waals surface area contributed by atoms with Gasteiger partial charge in [0.25, 0.3) is 20.1 Å². The Kier molecular flexibility index (Phi) is 9.32. The molecule has 0 spiro atoms. The van der Waals surface area contributed by atoms with E-state index in [4.69, 9.17) is 23.9 Å². The predicted molar refractivity (Wildman–Crippen MR) is 146 cm³/mol. The van der Waals surface area contributed by atoms with Crippen molar-refractivity contribution in [3.05, 3.63) is 30.6 Å². The van der Waals surface area contributed by atoms with Crippen molar-refractivity contribution >= 4 is 31.0 Å². The van der Waals surface area contributed by atoms with Crippen LogP contribution in [0.5, 0.6) is 5.75 Å². The normalized spacial score (nSPS) is 18.3. The van der Waals surface area contributed by atoms with Crippen LogP contribution >= 0.6 is 0 Å². The molecule has 0 aliphatic carbocycles. The fourth-order valence-corrected chi connectivity index (χ4v) is 5.57. The summed E-state index contributed by atoms with van der Waals surface area (Å²) in [6, 6.07) is 5.70. The smallest absolute Gasteiger partial charge is 0.264 e. The van der Waals surface area contributed by atoms with Gasteiger partial charge in [-0.2, -0.15) is 22.7 Å². The molecule has 2 aromatic heterocycles. The summed E-state index contributed by atoms with van der Waals surface area (Å²) in [7, 11) is -7.49. The van der Waals surface area contributed by atoms with Gasteiger partial charge in [0.1, 0.15) is 11.4 Å². The fraction of sp³-hybridized carbons (Fsp3) is 0.600. The summed E-state index contributed by atoms with van der Waals surface area (Å²) >= 11 is 0. The number of benzene rings is 1. The average molecular weight is 585 g/mol. The summed E-state index contributed by atoms with van der Waals surface area (Å²) in [5.74, 6) is 0.362. The Morgan fingerprint density at radius 1 is 1.15 bits per heavy atom. The summed E-state index contributed by atoms with van der Waals surface area (Å²) in [6.07, 6.45) is 7.87. The van der Waals surface area contributed by atoms with Crippen molar-refractivity contribution in [1.29, 1.82) is 0 Å². The third-order valence-electron chi connectivity index (χ3n) is 6.56. The molecule has 0 saturated carbocycles. The minimum atomic E-state index is -3.96. The molecule has 1 aliphatic heterocycles. The Labute approximate surface area is 229 Å². The Morgan fingerprint density at radius 3 is 2.62 bits per heavy atom. The second kappa shape index (κ2) is 12.3. The number of hydrogen-bond acceptors (Lipinski definition) is 9. The van der Waals surface area contributed by atoms with Crippen LogP contribution in [0.2, 0.25) is 0 Å². The highest BCUT2D eigenvalue weighted by Gasteiger charge is 2.23. The maximum atomic E-state index is 12.0. The van der Waals surface area contributed by atoms with Crippen molar-refractivity contribution in [2.75, 3.05) is 25.2 Å². The number of rotatable bonds is 13. The van der Waals surface area contributed by atoms with Gasteiger partial charge >= 0.3 is 0 Å². The van der Waals surface area contributed by atoms with Gasteiger partial charge in [-0.15, -0.1) is 0 Å². The van der Waals surface area contributed by atoms with Gasteiger partial charge in [-0.3, -0.25) is 4.55 Å². The molecule has 1 saturated heterocycles. The molecule has 4 rings (SSSR count). The molecule has 216 valence electrons. The molecular weight excluding hydrogens is 548 g/mol. The topological polar surface area (TPSA) is 152 Å². The predicted octanol–water partition coefficient (Wildman–Crippen LogP) is 3.64. The first-order chi connectivity index (χ1) is 18.4. The van der Waals surface area contributed by atoms with E-state index in [0.29, 0.717) is 49.5 Å². The van der Waals surface area contributed by atoms with Gasteiger partial charge in [0.15, 0.2) is 6.23 Å². The minimum absolute atomic E-state index is 0.140. The highest BCUT2D eigenvalue weighted by Crippen LogP contribution is 2.35. The van der Waals surface area contributed by atoms with Gasteiger partial charge in [-0.1, -0.05) is 0 Å². The average Bonchev–Trinajstić information content (AvgIpc) is 3.49. The van der Waals surface area contributed by atoms with Gasteiger partial charge in [0.05, 0.1) is 48.7 Å². The quantitative estimate of drug-likeness (QED) is 0.295. The molecule has 1 aliphatic rings. The number of aromatic nitrogens is 4. The Balaban J connectivity index is 1.48. The molecule has 3 heterocycles. The van der Waals surface area contributed by atoms with E-state index in [9.17, 15) is 16.8 Å². The highest BCUT2D eigenvalue weighted by atomic mass is 32.2. The van der Waals surface area contributed by atoms with Crippen LogP contribution in [0.15, 0.2) is 30.6 Å². The molecule has 3 atom stereocenters. The summed E-state index contributed by atoms with van der Waals surface area (Å²) in [5.41, 5.74) is 2.02. The molecule has 0 bridgehead atoms. The van der Waals surface area contributed by atoms with E-state index < -0.39 is 20.1 Å². The first-order valence-corrected chi connectivity index (χ1v) is 16.5. The third kappa shape index (κ3) is 8.01. The van der Waals surface area contributed by atoms with Crippen molar-refractivity contribution < 1.29 is 35.6 Å². The van der Waals surface area contributed by atoms with E-state index in [1.54, 1.807) is 0 Å². The Morgan fingerprint density at radius 2 is 1.95 bits per heavy atom. The van der Waals surface area contributed by atoms with Gasteiger partial charge in [0, 0.05) is 24.0 Å². The molecule has 0 radical (unpaired) electrons. The third-order valence-corrected chi connectivity index (χ3v) is 8.24.